The zero-order chi connectivity index (χ0) is 24.1. The first kappa shape index (κ1) is 23.2. The van der Waals surface area contributed by atoms with Gasteiger partial charge in [-0.25, -0.2) is 4.98 Å². The predicted molar refractivity (Wildman–Crippen MR) is 136 cm³/mol. The lowest BCUT2D eigenvalue weighted by Crippen LogP contribution is -2.27. The van der Waals surface area contributed by atoms with E-state index in [1.807, 2.05) is 84.3 Å². The van der Waals surface area contributed by atoms with Crippen LogP contribution in [0.15, 0.2) is 72.8 Å². The van der Waals surface area contributed by atoms with Gasteiger partial charge in [-0.2, -0.15) is 0 Å². The number of rotatable bonds is 8. The van der Waals surface area contributed by atoms with E-state index >= 15 is 0 Å². The second-order valence-electron chi connectivity index (χ2n) is 8.78. The van der Waals surface area contributed by atoms with Gasteiger partial charge in [0.1, 0.15) is 12.4 Å². The van der Waals surface area contributed by atoms with Crippen molar-refractivity contribution in [2.24, 2.45) is 0 Å². The lowest BCUT2D eigenvalue weighted by atomic mass is 9.98. The number of anilines is 1. The Hall–Kier alpha value is -3.93. The highest BCUT2D eigenvalue weighted by Crippen LogP contribution is 2.27. The van der Waals surface area contributed by atoms with Crippen molar-refractivity contribution in [2.75, 3.05) is 5.32 Å². The van der Waals surface area contributed by atoms with Crippen molar-refractivity contribution < 1.29 is 9.59 Å². The summed E-state index contributed by atoms with van der Waals surface area (Å²) in [5, 5.41) is 6.05. The van der Waals surface area contributed by atoms with E-state index in [1.54, 1.807) is 0 Å². The van der Waals surface area contributed by atoms with E-state index in [4.69, 9.17) is 0 Å². The van der Waals surface area contributed by atoms with Gasteiger partial charge in [-0.1, -0.05) is 74.5 Å². The highest BCUT2D eigenvalue weighted by Gasteiger charge is 2.18. The van der Waals surface area contributed by atoms with Crippen LogP contribution in [0.2, 0.25) is 0 Å². The molecule has 0 aliphatic heterocycles. The van der Waals surface area contributed by atoms with Gasteiger partial charge < -0.3 is 15.2 Å². The van der Waals surface area contributed by atoms with Gasteiger partial charge in [0, 0.05) is 12.2 Å². The summed E-state index contributed by atoms with van der Waals surface area (Å²) in [6.07, 6.45) is 0.0937. The van der Waals surface area contributed by atoms with Crippen LogP contribution in [-0.4, -0.2) is 21.4 Å². The number of benzene rings is 3. The van der Waals surface area contributed by atoms with E-state index in [9.17, 15) is 9.59 Å². The predicted octanol–water partition coefficient (Wildman–Crippen LogP) is 4.97. The molecule has 0 bridgehead atoms. The van der Waals surface area contributed by atoms with Crippen molar-refractivity contribution in [1.29, 1.82) is 0 Å². The molecular formula is C28H30N4O2. The third kappa shape index (κ3) is 5.34. The topological polar surface area (TPSA) is 76.0 Å². The maximum Gasteiger partial charge on any atom is 0.244 e. The van der Waals surface area contributed by atoms with Crippen molar-refractivity contribution >= 4 is 28.5 Å². The minimum absolute atomic E-state index is 0.0771. The molecule has 1 heterocycles. The van der Waals surface area contributed by atoms with Crippen LogP contribution in [0.1, 0.15) is 42.3 Å². The molecule has 0 aliphatic rings. The molecule has 0 aliphatic carbocycles. The molecule has 174 valence electrons. The number of amides is 2. The number of nitrogens with one attached hydrogen (secondary N) is 2. The SMILES string of the molecule is Cc1cccc(C(C)C)c1NC(=O)Cn1c(CC(=O)NCc2ccccc2)nc2ccccc21. The summed E-state index contributed by atoms with van der Waals surface area (Å²) in [6, 6.07) is 23.5. The molecule has 6 heteroatoms. The molecular weight excluding hydrogens is 424 g/mol. The average molecular weight is 455 g/mol. The molecule has 0 atom stereocenters. The Morgan fingerprint density at radius 1 is 0.912 bits per heavy atom. The fourth-order valence-corrected chi connectivity index (χ4v) is 4.10. The molecule has 0 saturated heterocycles. The molecule has 1 aromatic heterocycles. The van der Waals surface area contributed by atoms with E-state index in [0.29, 0.717) is 12.4 Å². The van der Waals surface area contributed by atoms with Crippen LogP contribution >= 0.6 is 0 Å². The summed E-state index contributed by atoms with van der Waals surface area (Å²) < 4.78 is 1.83. The third-order valence-corrected chi connectivity index (χ3v) is 5.88. The number of para-hydroxylation sites is 3. The van der Waals surface area contributed by atoms with Gasteiger partial charge in [0.15, 0.2) is 0 Å². The number of carbonyl (C=O) groups is 2. The largest absolute Gasteiger partial charge is 0.352 e. The first-order chi connectivity index (χ1) is 16.4. The Labute approximate surface area is 200 Å². The summed E-state index contributed by atoms with van der Waals surface area (Å²) in [7, 11) is 0. The minimum Gasteiger partial charge on any atom is -0.352 e. The van der Waals surface area contributed by atoms with Crippen LogP contribution in [0.5, 0.6) is 0 Å². The third-order valence-electron chi connectivity index (χ3n) is 5.88. The van der Waals surface area contributed by atoms with Gasteiger partial charge in [0.05, 0.1) is 17.5 Å². The minimum atomic E-state index is -0.148. The average Bonchev–Trinajstić information content (AvgIpc) is 3.16. The fraction of sp³-hybridized carbons (Fsp3) is 0.250. The lowest BCUT2D eigenvalue weighted by Gasteiger charge is -2.17. The monoisotopic (exact) mass is 454 g/mol. The lowest BCUT2D eigenvalue weighted by molar-refractivity contribution is -0.121. The highest BCUT2D eigenvalue weighted by atomic mass is 16.2. The Morgan fingerprint density at radius 3 is 2.41 bits per heavy atom. The maximum absolute atomic E-state index is 13.1. The maximum atomic E-state index is 13.1. The Morgan fingerprint density at radius 2 is 1.65 bits per heavy atom. The quantitative estimate of drug-likeness (QED) is 0.395. The molecule has 4 aromatic rings. The Bertz CT molecular complexity index is 1310. The summed E-state index contributed by atoms with van der Waals surface area (Å²) >= 11 is 0. The second kappa shape index (κ2) is 10.3. The highest BCUT2D eigenvalue weighted by molar-refractivity contribution is 5.93. The molecule has 0 saturated carbocycles. The number of carbonyl (C=O) groups excluding carboxylic acids is 2. The van der Waals surface area contributed by atoms with E-state index in [1.165, 1.54) is 0 Å². The molecule has 0 fully saturated rings. The van der Waals surface area contributed by atoms with Crippen molar-refractivity contribution in [2.45, 2.75) is 46.2 Å². The van der Waals surface area contributed by atoms with Crippen LogP contribution in [0.25, 0.3) is 11.0 Å². The van der Waals surface area contributed by atoms with Gasteiger partial charge in [-0.05, 0) is 41.7 Å². The standard InChI is InChI=1S/C28H30N4O2/c1-19(2)22-13-9-10-20(3)28(22)31-27(34)18-32-24-15-8-7-14-23(24)30-25(32)16-26(33)29-17-21-11-5-4-6-12-21/h4-15,19H,16-18H2,1-3H3,(H,29,33)(H,31,34). The first-order valence-electron chi connectivity index (χ1n) is 11.6. The number of hydrogen-bond acceptors (Lipinski definition) is 3. The van der Waals surface area contributed by atoms with Crippen molar-refractivity contribution in [1.82, 2.24) is 14.9 Å². The number of aromatic nitrogens is 2. The summed E-state index contributed by atoms with van der Waals surface area (Å²) in [4.78, 5) is 30.5. The van der Waals surface area contributed by atoms with E-state index in [-0.39, 0.29) is 30.7 Å². The van der Waals surface area contributed by atoms with Crippen LogP contribution in [-0.2, 0) is 29.1 Å². The van der Waals surface area contributed by atoms with Crippen LogP contribution in [0.4, 0.5) is 5.69 Å². The summed E-state index contributed by atoms with van der Waals surface area (Å²) in [5.41, 5.74) is 5.61. The number of nitrogens with zero attached hydrogens (tertiary/aromatic N) is 2. The molecule has 0 spiro atoms. The van der Waals surface area contributed by atoms with Crippen LogP contribution in [0, 0.1) is 6.92 Å². The Balaban J connectivity index is 1.54. The van der Waals surface area contributed by atoms with Crippen molar-refractivity contribution in [3.63, 3.8) is 0 Å². The fourth-order valence-electron chi connectivity index (χ4n) is 4.10. The normalized spacial score (nSPS) is 11.1. The molecule has 6 nitrogen and oxygen atoms in total. The van der Waals surface area contributed by atoms with Crippen LogP contribution in [0.3, 0.4) is 0 Å². The molecule has 0 unspecified atom stereocenters. The Kier molecular flexibility index (Phi) is 7.07. The number of hydrogen-bond donors (Lipinski definition) is 2. The molecule has 34 heavy (non-hydrogen) atoms. The molecule has 2 N–H and O–H groups in total. The van der Waals surface area contributed by atoms with Crippen molar-refractivity contribution in [3.8, 4) is 0 Å². The van der Waals surface area contributed by atoms with Gasteiger partial charge in [-0.3, -0.25) is 9.59 Å². The summed E-state index contributed by atoms with van der Waals surface area (Å²) in [5.74, 6) is 0.566. The van der Waals surface area contributed by atoms with Gasteiger partial charge in [0.2, 0.25) is 11.8 Å². The van der Waals surface area contributed by atoms with E-state index in [2.05, 4.69) is 29.5 Å². The van der Waals surface area contributed by atoms with E-state index < -0.39 is 0 Å². The van der Waals surface area contributed by atoms with Crippen molar-refractivity contribution in [3.05, 3.63) is 95.3 Å². The number of imidazole rings is 1. The van der Waals surface area contributed by atoms with E-state index in [0.717, 1.165) is 33.4 Å². The van der Waals surface area contributed by atoms with Gasteiger partial charge >= 0.3 is 0 Å². The van der Waals surface area contributed by atoms with Crippen LogP contribution < -0.4 is 10.6 Å². The molecule has 3 aromatic carbocycles. The first-order valence-corrected chi connectivity index (χ1v) is 11.6. The van der Waals surface area contributed by atoms with Gasteiger partial charge in [-0.15, -0.1) is 0 Å². The summed E-state index contributed by atoms with van der Waals surface area (Å²) in [6.45, 7) is 6.75. The second-order valence-corrected chi connectivity index (χ2v) is 8.78. The zero-order valence-corrected chi connectivity index (χ0v) is 19.8. The smallest absolute Gasteiger partial charge is 0.244 e. The number of fused-ring (bicyclic) bond motifs is 1. The molecule has 2 amide bonds. The zero-order valence-electron chi connectivity index (χ0n) is 19.8. The number of aryl methyl sites for hydroxylation is 1. The molecule has 0 radical (unpaired) electrons. The molecule has 4 rings (SSSR count). The van der Waals surface area contributed by atoms with Gasteiger partial charge in [0.25, 0.3) is 0 Å².